The van der Waals surface area contributed by atoms with Crippen LogP contribution in [0.1, 0.15) is 0 Å². The summed E-state index contributed by atoms with van der Waals surface area (Å²) in [6, 6.07) is 0. The van der Waals surface area contributed by atoms with Gasteiger partial charge in [-0.15, -0.1) is 5.06 Å². The maximum absolute atomic E-state index is 10.2. The summed E-state index contributed by atoms with van der Waals surface area (Å²) in [6.07, 6.45) is -0.734. The van der Waals surface area contributed by atoms with E-state index in [0.29, 0.717) is 13.1 Å². The van der Waals surface area contributed by atoms with E-state index in [1.807, 2.05) is 0 Å². The van der Waals surface area contributed by atoms with Crippen LogP contribution >= 0.6 is 0 Å². The minimum atomic E-state index is -0.734. The molecular formula is C5H12KN3O2. The van der Waals surface area contributed by atoms with E-state index < -0.39 is 6.09 Å². The Morgan fingerprint density at radius 2 is 2.00 bits per heavy atom. The molecule has 0 radical (unpaired) electrons. The molecule has 0 aromatic carbocycles. The summed E-state index contributed by atoms with van der Waals surface area (Å²) >= 11 is 0. The Morgan fingerprint density at radius 1 is 1.45 bits per heavy atom. The van der Waals surface area contributed by atoms with Crippen LogP contribution in [0.15, 0.2) is 0 Å². The van der Waals surface area contributed by atoms with Gasteiger partial charge < -0.3 is 15.9 Å². The third kappa shape index (κ3) is 5.13. The van der Waals surface area contributed by atoms with Gasteiger partial charge >= 0.3 is 57.5 Å². The normalized spacial score (nSPS) is 18.5. The predicted molar refractivity (Wildman–Crippen MR) is 42.3 cm³/mol. The number of carbonyl (C=O) groups is 1. The summed E-state index contributed by atoms with van der Waals surface area (Å²) in [6.45, 7) is 3.10. The zero-order valence-corrected chi connectivity index (χ0v) is 5.67. The average Bonchev–Trinajstić information content (AvgIpc) is 1.88. The molecule has 0 aromatic heterocycles. The number of hydrogen-bond acceptors (Lipinski definition) is 4. The van der Waals surface area contributed by atoms with Gasteiger partial charge in [-0.05, 0) is 0 Å². The number of hydrogen-bond donors (Lipinski definition) is 2. The van der Waals surface area contributed by atoms with Crippen molar-refractivity contribution in [3.63, 3.8) is 0 Å². The molecule has 1 aliphatic heterocycles. The third-order valence-corrected chi connectivity index (χ3v) is 1.30. The van der Waals surface area contributed by atoms with Crippen LogP contribution in [0.4, 0.5) is 4.79 Å². The molecule has 0 unspecified atom stereocenters. The van der Waals surface area contributed by atoms with Crippen molar-refractivity contribution in [2.75, 3.05) is 26.2 Å². The molecule has 1 rings (SSSR count). The first kappa shape index (κ1) is 11.8. The molecule has 1 aliphatic rings. The van der Waals surface area contributed by atoms with Gasteiger partial charge in [0.25, 0.3) is 0 Å². The molecular weight excluding hydrogens is 173 g/mol. The van der Waals surface area contributed by atoms with Gasteiger partial charge in [-0.1, -0.05) is 0 Å². The first-order valence-electron chi connectivity index (χ1n) is 3.22. The molecule has 0 aliphatic carbocycles. The molecule has 11 heavy (non-hydrogen) atoms. The second-order valence-corrected chi connectivity index (χ2v) is 2.09. The van der Waals surface area contributed by atoms with E-state index in [9.17, 15) is 4.79 Å². The molecule has 1 fully saturated rings. The van der Waals surface area contributed by atoms with Crippen molar-refractivity contribution in [2.24, 2.45) is 5.73 Å². The SMILES string of the molecule is NC(=O)ON1CCNCC1.[KH]. The molecule has 0 bridgehead atoms. The van der Waals surface area contributed by atoms with E-state index in [4.69, 9.17) is 5.73 Å². The molecule has 1 heterocycles. The van der Waals surface area contributed by atoms with Gasteiger partial charge in [-0.3, -0.25) is 0 Å². The number of nitrogens with one attached hydrogen (secondary N) is 1. The zero-order chi connectivity index (χ0) is 7.40. The number of nitrogens with zero attached hydrogens (tertiary/aromatic N) is 1. The maximum atomic E-state index is 10.2. The Labute approximate surface area is 108 Å². The van der Waals surface area contributed by atoms with Crippen LogP contribution in [0.2, 0.25) is 0 Å². The van der Waals surface area contributed by atoms with Crippen molar-refractivity contribution in [1.82, 2.24) is 10.4 Å². The van der Waals surface area contributed by atoms with Crippen molar-refractivity contribution in [3.8, 4) is 0 Å². The summed E-state index contributed by atoms with van der Waals surface area (Å²) in [5, 5.41) is 4.67. The van der Waals surface area contributed by atoms with Gasteiger partial charge in [-0.2, -0.15) is 0 Å². The van der Waals surface area contributed by atoms with E-state index in [-0.39, 0.29) is 51.4 Å². The van der Waals surface area contributed by atoms with Gasteiger partial charge in [0.15, 0.2) is 0 Å². The molecule has 0 saturated carbocycles. The fraction of sp³-hybridized carbons (Fsp3) is 0.800. The molecule has 0 atom stereocenters. The molecule has 0 aromatic rings. The zero-order valence-electron chi connectivity index (χ0n) is 5.67. The molecule has 1 amide bonds. The van der Waals surface area contributed by atoms with Crippen molar-refractivity contribution >= 4 is 57.5 Å². The monoisotopic (exact) mass is 185 g/mol. The third-order valence-electron chi connectivity index (χ3n) is 1.30. The molecule has 0 spiro atoms. The van der Waals surface area contributed by atoms with Gasteiger partial charge in [-0.25, -0.2) is 4.79 Å². The summed E-state index contributed by atoms with van der Waals surface area (Å²) < 4.78 is 0. The van der Waals surface area contributed by atoms with E-state index in [0.717, 1.165) is 13.1 Å². The van der Waals surface area contributed by atoms with Crippen LogP contribution in [0.25, 0.3) is 0 Å². The second-order valence-electron chi connectivity index (χ2n) is 2.09. The summed E-state index contributed by atoms with van der Waals surface area (Å²) in [5.41, 5.74) is 4.80. The van der Waals surface area contributed by atoms with E-state index in [2.05, 4.69) is 10.2 Å². The van der Waals surface area contributed by atoms with Gasteiger partial charge in [0.2, 0.25) is 0 Å². The first-order valence-corrected chi connectivity index (χ1v) is 3.22. The van der Waals surface area contributed by atoms with E-state index >= 15 is 0 Å². The molecule has 5 nitrogen and oxygen atoms in total. The Balaban J connectivity index is 0.000001000. The molecule has 3 N–H and O–H groups in total. The Kier molecular flexibility index (Phi) is 6.83. The van der Waals surface area contributed by atoms with Gasteiger partial charge in [0.1, 0.15) is 0 Å². The first-order chi connectivity index (χ1) is 4.79. The minimum absolute atomic E-state index is 0. The number of amides is 1. The standard InChI is InChI=1S/C5H11N3O2.K.H/c6-5(9)10-8-3-1-7-2-4-8;;/h7H,1-4H2,(H2,6,9);;. The summed E-state index contributed by atoms with van der Waals surface area (Å²) in [5.74, 6) is 0. The van der Waals surface area contributed by atoms with Crippen LogP contribution < -0.4 is 11.1 Å². The van der Waals surface area contributed by atoms with Crippen molar-refractivity contribution in [1.29, 1.82) is 0 Å². The molecule has 6 heteroatoms. The van der Waals surface area contributed by atoms with Crippen LogP contribution in [-0.4, -0.2) is 88.7 Å². The van der Waals surface area contributed by atoms with Crippen LogP contribution in [0.3, 0.4) is 0 Å². The molecule has 60 valence electrons. The van der Waals surface area contributed by atoms with Crippen LogP contribution in [-0.2, 0) is 4.84 Å². The van der Waals surface area contributed by atoms with Crippen molar-refractivity contribution in [3.05, 3.63) is 0 Å². The number of primary amides is 1. The predicted octanol–water partition coefficient (Wildman–Crippen LogP) is -1.75. The Hall–Kier alpha value is 0.826. The van der Waals surface area contributed by atoms with E-state index in [1.165, 1.54) is 0 Å². The number of rotatable bonds is 1. The fourth-order valence-electron chi connectivity index (χ4n) is 0.863. The van der Waals surface area contributed by atoms with Gasteiger partial charge in [0, 0.05) is 26.2 Å². The number of carbonyl (C=O) groups excluding carboxylic acids is 1. The fourth-order valence-corrected chi connectivity index (χ4v) is 0.863. The number of piperazine rings is 1. The second kappa shape index (κ2) is 6.35. The average molecular weight is 185 g/mol. The summed E-state index contributed by atoms with van der Waals surface area (Å²) in [4.78, 5) is 14.8. The summed E-state index contributed by atoms with van der Waals surface area (Å²) in [7, 11) is 0. The molecule has 1 saturated heterocycles. The van der Waals surface area contributed by atoms with Crippen molar-refractivity contribution in [2.45, 2.75) is 0 Å². The number of nitrogens with two attached hydrogens (primary N) is 1. The van der Waals surface area contributed by atoms with E-state index in [1.54, 1.807) is 5.06 Å². The van der Waals surface area contributed by atoms with Crippen LogP contribution in [0, 0.1) is 0 Å². The van der Waals surface area contributed by atoms with Crippen molar-refractivity contribution < 1.29 is 9.63 Å². The Morgan fingerprint density at radius 3 is 2.45 bits per heavy atom. The number of hydroxylamine groups is 2. The van der Waals surface area contributed by atoms with Gasteiger partial charge in [0.05, 0.1) is 0 Å². The van der Waals surface area contributed by atoms with Crippen LogP contribution in [0.5, 0.6) is 0 Å². The quantitative estimate of drug-likeness (QED) is 0.476. The topological polar surface area (TPSA) is 67.6 Å². The Bertz CT molecular complexity index is 127.